The van der Waals surface area contributed by atoms with Crippen molar-refractivity contribution in [3.05, 3.63) is 33.8 Å². The lowest BCUT2D eigenvalue weighted by atomic mass is 9.68. The molecule has 0 aromatic heterocycles. The lowest BCUT2D eigenvalue weighted by Gasteiger charge is -2.41. The van der Waals surface area contributed by atoms with Gasteiger partial charge in [0.15, 0.2) is 0 Å². The monoisotopic (exact) mass is 285 g/mol. The van der Waals surface area contributed by atoms with Gasteiger partial charge in [0.25, 0.3) is 0 Å². The number of rotatable bonds is 3. The summed E-state index contributed by atoms with van der Waals surface area (Å²) in [7, 11) is 2.02. The third-order valence-electron chi connectivity index (χ3n) is 4.27. The number of nitrogens with one attached hydrogen (secondary N) is 1. The Morgan fingerprint density at radius 1 is 1.17 bits per heavy atom. The molecule has 1 atom stereocenters. The first-order valence-electron chi connectivity index (χ1n) is 6.70. The smallest absolute Gasteiger partial charge is 0.0640 e. The second-order valence-electron chi connectivity index (χ2n) is 5.58. The van der Waals surface area contributed by atoms with Crippen molar-refractivity contribution in [3.63, 3.8) is 0 Å². The van der Waals surface area contributed by atoms with Crippen LogP contribution in [0.3, 0.4) is 0 Å². The van der Waals surface area contributed by atoms with E-state index in [0.29, 0.717) is 10.0 Å². The average molecular weight is 286 g/mol. The molecule has 0 spiro atoms. The second-order valence-corrected chi connectivity index (χ2v) is 6.36. The predicted octanol–water partition coefficient (Wildman–Crippen LogP) is 5.22. The van der Waals surface area contributed by atoms with Crippen LogP contribution in [0.5, 0.6) is 0 Å². The van der Waals surface area contributed by atoms with E-state index < -0.39 is 0 Å². The molecule has 0 heterocycles. The van der Waals surface area contributed by atoms with Crippen LogP contribution in [0, 0.1) is 5.41 Å². The Morgan fingerprint density at radius 3 is 2.44 bits per heavy atom. The van der Waals surface area contributed by atoms with Crippen molar-refractivity contribution in [1.29, 1.82) is 0 Å². The van der Waals surface area contributed by atoms with Gasteiger partial charge in [0.05, 0.1) is 10.0 Å². The summed E-state index contributed by atoms with van der Waals surface area (Å²) in [5.74, 6) is 0. The molecule has 0 radical (unpaired) electrons. The molecule has 1 aliphatic rings. The first kappa shape index (κ1) is 14.2. The van der Waals surface area contributed by atoms with Gasteiger partial charge in [0.2, 0.25) is 0 Å². The molecule has 100 valence electrons. The molecule has 0 bridgehead atoms. The molecule has 0 saturated heterocycles. The van der Waals surface area contributed by atoms with Crippen molar-refractivity contribution >= 4 is 23.2 Å². The summed E-state index contributed by atoms with van der Waals surface area (Å²) in [6.07, 6.45) is 6.48. The standard InChI is InChI=1S/C15H21Cl2N/c1-15(9-4-3-5-10-15)14(18-2)11-7-6-8-12(16)13(11)17/h6-8,14,18H,3-5,9-10H2,1-2H3. The summed E-state index contributed by atoms with van der Waals surface area (Å²) in [4.78, 5) is 0. The molecular formula is C15H21Cl2N. The molecule has 1 N–H and O–H groups in total. The Balaban J connectivity index is 2.35. The Hall–Kier alpha value is -0.240. The van der Waals surface area contributed by atoms with Crippen molar-refractivity contribution in [2.75, 3.05) is 7.05 Å². The zero-order chi connectivity index (χ0) is 13.2. The molecule has 1 unspecified atom stereocenters. The fourth-order valence-electron chi connectivity index (χ4n) is 3.27. The highest BCUT2D eigenvalue weighted by Crippen LogP contribution is 2.47. The molecule has 18 heavy (non-hydrogen) atoms. The van der Waals surface area contributed by atoms with Crippen LogP contribution in [0.2, 0.25) is 10.0 Å². The summed E-state index contributed by atoms with van der Waals surface area (Å²) >= 11 is 12.5. The van der Waals surface area contributed by atoms with Crippen molar-refractivity contribution in [3.8, 4) is 0 Å². The molecule has 1 fully saturated rings. The van der Waals surface area contributed by atoms with E-state index in [1.165, 1.54) is 32.1 Å². The van der Waals surface area contributed by atoms with Crippen LogP contribution in [-0.4, -0.2) is 7.05 Å². The van der Waals surface area contributed by atoms with Crippen molar-refractivity contribution < 1.29 is 0 Å². The quantitative estimate of drug-likeness (QED) is 0.802. The Bertz CT molecular complexity index is 411. The normalized spacial score (nSPS) is 20.7. The van der Waals surface area contributed by atoms with E-state index in [2.05, 4.69) is 18.3 Å². The zero-order valence-corrected chi connectivity index (χ0v) is 12.6. The number of benzene rings is 1. The fourth-order valence-corrected chi connectivity index (χ4v) is 3.69. The average Bonchev–Trinajstić information content (AvgIpc) is 2.36. The Kier molecular flexibility index (Phi) is 4.58. The largest absolute Gasteiger partial charge is 0.312 e. The highest BCUT2D eigenvalue weighted by atomic mass is 35.5. The molecule has 1 aromatic carbocycles. The van der Waals surface area contributed by atoms with Gasteiger partial charge < -0.3 is 5.32 Å². The highest BCUT2D eigenvalue weighted by Gasteiger charge is 2.36. The summed E-state index contributed by atoms with van der Waals surface area (Å²) in [5.41, 5.74) is 1.41. The van der Waals surface area contributed by atoms with Crippen molar-refractivity contribution in [2.45, 2.75) is 45.1 Å². The van der Waals surface area contributed by atoms with E-state index in [4.69, 9.17) is 23.2 Å². The number of hydrogen-bond donors (Lipinski definition) is 1. The van der Waals surface area contributed by atoms with E-state index in [-0.39, 0.29) is 11.5 Å². The topological polar surface area (TPSA) is 12.0 Å². The van der Waals surface area contributed by atoms with Gasteiger partial charge in [-0.05, 0) is 36.9 Å². The van der Waals surface area contributed by atoms with Gasteiger partial charge in [-0.1, -0.05) is 61.5 Å². The van der Waals surface area contributed by atoms with Gasteiger partial charge in [0, 0.05) is 6.04 Å². The first-order valence-corrected chi connectivity index (χ1v) is 7.45. The molecule has 2 rings (SSSR count). The van der Waals surface area contributed by atoms with Crippen LogP contribution >= 0.6 is 23.2 Å². The predicted molar refractivity (Wildman–Crippen MR) is 79.5 cm³/mol. The summed E-state index contributed by atoms with van der Waals surface area (Å²) in [5, 5.41) is 4.80. The molecule has 0 amide bonds. The van der Waals surface area contributed by atoms with E-state index in [1.807, 2.05) is 19.2 Å². The van der Waals surface area contributed by atoms with Crippen LogP contribution in [0.4, 0.5) is 0 Å². The SMILES string of the molecule is CNC(c1cccc(Cl)c1Cl)C1(C)CCCCC1. The van der Waals surface area contributed by atoms with Crippen LogP contribution in [-0.2, 0) is 0 Å². The molecule has 1 aromatic rings. The van der Waals surface area contributed by atoms with Crippen molar-refractivity contribution in [1.82, 2.24) is 5.32 Å². The van der Waals surface area contributed by atoms with Gasteiger partial charge in [0.1, 0.15) is 0 Å². The third-order valence-corrected chi connectivity index (χ3v) is 5.11. The lowest BCUT2D eigenvalue weighted by Crippen LogP contribution is -2.36. The minimum Gasteiger partial charge on any atom is -0.312 e. The molecule has 1 nitrogen and oxygen atoms in total. The highest BCUT2D eigenvalue weighted by molar-refractivity contribution is 6.42. The zero-order valence-electron chi connectivity index (χ0n) is 11.1. The van der Waals surface area contributed by atoms with E-state index in [0.717, 1.165) is 5.56 Å². The van der Waals surface area contributed by atoms with Crippen molar-refractivity contribution in [2.24, 2.45) is 5.41 Å². The van der Waals surface area contributed by atoms with Gasteiger partial charge in [-0.25, -0.2) is 0 Å². The second kappa shape index (κ2) is 5.81. The summed E-state index contributed by atoms with van der Waals surface area (Å²) in [6, 6.07) is 6.21. The first-order chi connectivity index (χ1) is 8.58. The van der Waals surface area contributed by atoms with Gasteiger partial charge >= 0.3 is 0 Å². The van der Waals surface area contributed by atoms with E-state index >= 15 is 0 Å². The van der Waals surface area contributed by atoms with Crippen LogP contribution in [0.15, 0.2) is 18.2 Å². The maximum absolute atomic E-state index is 6.38. The molecule has 3 heteroatoms. The minimum absolute atomic E-state index is 0.279. The maximum Gasteiger partial charge on any atom is 0.0640 e. The maximum atomic E-state index is 6.38. The van der Waals surface area contributed by atoms with Gasteiger partial charge in [-0.3, -0.25) is 0 Å². The van der Waals surface area contributed by atoms with Crippen LogP contribution in [0.1, 0.15) is 50.6 Å². The molecular weight excluding hydrogens is 265 g/mol. The minimum atomic E-state index is 0.279. The molecule has 1 saturated carbocycles. The summed E-state index contributed by atoms with van der Waals surface area (Å²) < 4.78 is 0. The third kappa shape index (κ3) is 2.68. The van der Waals surface area contributed by atoms with Gasteiger partial charge in [-0.2, -0.15) is 0 Å². The number of hydrogen-bond acceptors (Lipinski definition) is 1. The Labute approximate surface area is 120 Å². The molecule has 1 aliphatic carbocycles. The van der Waals surface area contributed by atoms with Gasteiger partial charge in [-0.15, -0.1) is 0 Å². The summed E-state index contributed by atoms with van der Waals surface area (Å²) in [6.45, 7) is 2.37. The Morgan fingerprint density at radius 2 is 1.83 bits per heavy atom. The molecule has 0 aliphatic heterocycles. The van der Waals surface area contributed by atoms with Crippen LogP contribution in [0.25, 0.3) is 0 Å². The van der Waals surface area contributed by atoms with E-state index in [9.17, 15) is 0 Å². The lowest BCUT2D eigenvalue weighted by molar-refractivity contribution is 0.150. The fraction of sp³-hybridized carbons (Fsp3) is 0.600. The van der Waals surface area contributed by atoms with Crippen LogP contribution < -0.4 is 5.32 Å². The van der Waals surface area contributed by atoms with E-state index in [1.54, 1.807) is 0 Å². The number of halogens is 2.